The number of thioether (sulfide) groups is 1. The molecule has 0 radical (unpaired) electrons. The monoisotopic (exact) mass is 256 g/mol. The van der Waals surface area contributed by atoms with Crippen molar-refractivity contribution in [2.75, 3.05) is 18.1 Å². The summed E-state index contributed by atoms with van der Waals surface area (Å²) in [5.74, 6) is 3.81. The highest BCUT2D eigenvalue weighted by Crippen LogP contribution is 2.29. The Morgan fingerprint density at radius 3 is 2.76 bits per heavy atom. The van der Waals surface area contributed by atoms with Gasteiger partial charge in [0.05, 0.1) is 6.04 Å². The first-order valence-corrected chi connectivity index (χ1v) is 7.94. The summed E-state index contributed by atoms with van der Waals surface area (Å²) in [7, 11) is 0. The molecule has 1 amide bonds. The second-order valence-corrected chi connectivity index (χ2v) is 6.70. The summed E-state index contributed by atoms with van der Waals surface area (Å²) in [5.41, 5.74) is 0. The lowest BCUT2D eigenvalue weighted by molar-refractivity contribution is -0.123. The van der Waals surface area contributed by atoms with Gasteiger partial charge in [-0.1, -0.05) is 13.8 Å². The SMILES string of the molecule is CC1CCC(NC(=O)C2CSCCN2)CC1C. The van der Waals surface area contributed by atoms with Gasteiger partial charge in [-0.15, -0.1) is 0 Å². The van der Waals surface area contributed by atoms with E-state index in [1.54, 1.807) is 0 Å². The Balaban J connectivity index is 1.78. The largest absolute Gasteiger partial charge is 0.352 e. The van der Waals surface area contributed by atoms with Gasteiger partial charge in [-0.25, -0.2) is 0 Å². The van der Waals surface area contributed by atoms with Gasteiger partial charge in [0.1, 0.15) is 0 Å². The fraction of sp³-hybridized carbons (Fsp3) is 0.923. The average Bonchev–Trinajstić information content (AvgIpc) is 2.35. The predicted octanol–water partition coefficient (Wildman–Crippen LogP) is 1.63. The number of nitrogens with one attached hydrogen (secondary N) is 2. The van der Waals surface area contributed by atoms with E-state index in [0.29, 0.717) is 6.04 Å². The summed E-state index contributed by atoms with van der Waals surface area (Å²) in [5, 5.41) is 6.52. The quantitative estimate of drug-likeness (QED) is 0.789. The molecule has 2 fully saturated rings. The molecule has 2 aliphatic rings. The Kier molecular flexibility index (Phi) is 4.74. The van der Waals surface area contributed by atoms with E-state index in [-0.39, 0.29) is 11.9 Å². The highest BCUT2D eigenvalue weighted by atomic mass is 32.2. The van der Waals surface area contributed by atoms with Gasteiger partial charge < -0.3 is 10.6 Å². The van der Waals surface area contributed by atoms with Gasteiger partial charge in [-0.05, 0) is 31.1 Å². The van der Waals surface area contributed by atoms with Crippen molar-refractivity contribution in [1.29, 1.82) is 0 Å². The van der Waals surface area contributed by atoms with Crippen LogP contribution in [0.25, 0.3) is 0 Å². The molecule has 0 spiro atoms. The van der Waals surface area contributed by atoms with Crippen molar-refractivity contribution in [3.8, 4) is 0 Å². The summed E-state index contributed by atoms with van der Waals surface area (Å²) in [6, 6.07) is 0.436. The highest BCUT2D eigenvalue weighted by Gasteiger charge is 2.28. The van der Waals surface area contributed by atoms with Crippen LogP contribution in [0.15, 0.2) is 0 Å². The zero-order valence-corrected chi connectivity index (χ0v) is 11.7. The molecular weight excluding hydrogens is 232 g/mol. The van der Waals surface area contributed by atoms with E-state index < -0.39 is 0 Å². The molecule has 3 nitrogen and oxygen atoms in total. The molecular formula is C13H24N2OS. The van der Waals surface area contributed by atoms with E-state index in [1.807, 2.05) is 11.8 Å². The van der Waals surface area contributed by atoms with Gasteiger partial charge in [-0.2, -0.15) is 11.8 Å². The predicted molar refractivity (Wildman–Crippen MR) is 73.2 cm³/mol. The van der Waals surface area contributed by atoms with E-state index in [1.165, 1.54) is 6.42 Å². The van der Waals surface area contributed by atoms with Crippen molar-refractivity contribution in [1.82, 2.24) is 10.6 Å². The Labute approximate surface area is 108 Å². The van der Waals surface area contributed by atoms with Crippen molar-refractivity contribution in [3.05, 3.63) is 0 Å². The molecule has 1 heterocycles. The van der Waals surface area contributed by atoms with Gasteiger partial charge in [-0.3, -0.25) is 4.79 Å². The molecule has 4 heteroatoms. The minimum Gasteiger partial charge on any atom is -0.352 e. The number of amides is 1. The maximum Gasteiger partial charge on any atom is 0.238 e. The van der Waals surface area contributed by atoms with Crippen LogP contribution in [0.4, 0.5) is 0 Å². The van der Waals surface area contributed by atoms with E-state index in [4.69, 9.17) is 0 Å². The summed E-state index contributed by atoms with van der Waals surface area (Å²) < 4.78 is 0. The lowest BCUT2D eigenvalue weighted by Crippen LogP contribution is -2.52. The molecule has 17 heavy (non-hydrogen) atoms. The molecule has 1 saturated heterocycles. The second kappa shape index (κ2) is 6.10. The van der Waals surface area contributed by atoms with E-state index in [2.05, 4.69) is 24.5 Å². The Hall–Kier alpha value is -0.220. The first-order chi connectivity index (χ1) is 8.16. The number of hydrogen-bond acceptors (Lipinski definition) is 3. The van der Waals surface area contributed by atoms with Gasteiger partial charge in [0.15, 0.2) is 0 Å². The molecule has 0 bridgehead atoms. The normalized spacial score (nSPS) is 38.7. The van der Waals surface area contributed by atoms with E-state index >= 15 is 0 Å². The minimum atomic E-state index is 0.0309. The third-order valence-corrected chi connectivity index (χ3v) is 5.24. The Bertz CT molecular complexity index is 266. The molecule has 0 aromatic carbocycles. The van der Waals surface area contributed by atoms with Crippen LogP contribution in [0.1, 0.15) is 33.1 Å². The van der Waals surface area contributed by atoms with E-state index in [0.717, 1.165) is 42.7 Å². The standard InChI is InChI=1S/C13H24N2OS/c1-9-3-4-11(7-10(9)2)15-13(16)12-8-17-6-5-14-12/h9-12,14H,3-8H2,1-2H3,(H,15,16). The molecule has 4 atom stereocenters. The van der Waals surface area contributed by atoms with Gasteiger partial charge in [0, 0.05) is 24.1 Å². The fourth-order valence-electron chi connectivity index (χ4n) is 2.71. The van der Waals surface area contributed by atoms with Crippen LogP contribution >= 0.6 is 11.8 Å². The van der Waals surface area contributed by atoms with Gasteiger partial charge in [0.25, 0.3) is 0 Å². The maximum atomic E-state index is 12.1. The minimum absolute atomic E-state index is 0.0309. The first-order valence-electron chi connectivity index (χ1n) is 6.78. The van der Waals surface area contributed by atoms with Crippen molar-refractivity contribution in [3.63, 3.8) is 0 Å². The molecule has 98 valence electrons. The van der Waals surface area contributed by atoms with Crippen molar-refractivity contribution >= 4 is 17.7 Å². The number of rotatable bonds is 2. The van der Waals surface area contributed by atoms with Gasteiger partial charge >= 0.3 is 0 Å². The van der Waals surface area contributed by atoms with Crippen LogP contribution in [-0.2, 0) is 4.79 Å². The molecule has 1 aliphatic heterocycles. The summed E-state index contributed by atoms with van der Waals surface area (Å²) >= 11 is 1.87. The molecule has 0 aromatic rings. The highest BCUT2D eigenvalue weighted by molar-refractivity contribution is 7.99. The summed E-state index contributed by atoms with van der Waals surface area (Å²) in [6.45, 7) is 5.58. The number of carbonyl (C=O) groups is 1. The number of carbonyl (C=O) groups excluding carboxylic acids is 1. The van der Waals surface area contributed by atoms with Crippen LogP contribution < -0.4 is 10.6 Å². The van der Waals surface area contributed by atoms with Crippen LogP contribution in [-0.4, -0.2) is 36.0 Å². The van der Waals surface area contributed by atoms with Crippen molar-refractivity contribution in [2.45, 2.75) is 45.2 Å². The topological polar surface area (TPSA) is 41.1 Å². The van der Waals surface area contributed by atoms with Crippen LogP contribution in [0.3, 0.4) is 0 Å². The molecule has 1 aliphatic carbocycles. The Morgan fingerprint density at radius 1 is 1.29 bits per heavy atom. The molecule has 0 aromatic heterocycles. The first kappa shape index (κ1) is 13.2. The third-order valence-electron chi connectivity index (χ3n) is 4.18. The number of hydrogen-bond donors (Lipinski definition) is 2. The third kappa shape index (κ3) is 3.62. The smallest absolute Gasteiger partial charge is 0.238 e. The Morgan fingerprint density at radius 2 is 2.12 bits per heavy atom. The average molecular weight is 256 g/mol. The zero-order chi connectivity index (χ0) is 12.3. The molecule has 2 rings (SSSR count). The molecule has 4 unspecified atom stereocenters. The zero-order valence-electron chi connectivity index (χ0n) is 10.9. The van der Waals surface area contributed by atoms with Crippen LogP contribution in [0, 0.1) is 11.8 Å². The lowest BCUT2D eigenvalue weighted by Gasteiger charge is -2.33. The molecule has 1 saturated carbocycles. The fourth-order valence-corrected chi connectivity index (χ4v) is 3.65. The lowest BCUT2D eigenvalue weighted by atomic mass is 9.79. The van der Waals surface area contributed by atoms with E-state index in [9.17, 15) is 4.79 Å². The summed E-state index contributed by atoms with van der Waals surface area (Å²) in [4.78, 5) is 12.1. The summed E-state index contributed by atoms with van der Waals surface area (Å²) in [6.07, 6.45) is 3.54. The van der Waals surface area contributed by atoms with Crippen LogP contribution in [0.2, 0.25) is 0 Å². The van der Waals surface area contributed by atoms with Crippen LogP contribution in [0.5, 0.6) is 0 Å². The van der Waals surface area contributed by atoms with Crippen molar-refractivity contribution < 1.29 is 4.79 Å². The molecule has 2 N–H and O–H groups in total. The van der Waals surface area contributed by atoms with Gasteiger partial charge in [0.2, 0.25) is 5.91 Å². The maximum absolute atomic E-state index is 12.1. The second-order valence-electron chi connectivity index (χ2n) is 5.55. The van der Waals surface area contributed by atoms with Crippen molar-refractivity contribution in [2.24, 2.45) is 11.8 Å².